The highest BCUT2D eigenvalue weighted by Gasteiger charge is 2.27. The summed E-state index contributed by atoms with van der Waals surface area (Å²) >= 11 is 0. The van der Waals surface area contributed by atoms with E-state index in [0.29, 0.717) is 12.3 Å². The molecule has 0 bridgehead atoms. The molecule has 0 spiro atoms. The Balaban J connectivity index is 1.93. The second-order valence-corrected chi connectivity index (χ2v) is 9.03. The molecule has 150 valence electrons. The van der Waals surface area contributed by atoms with Crippen LogP contribution in [0.2, 0.25) is 0 Å². The summed E-state index contributed by atoms with van der Waals surface area (Å²) in [7, 11) is -3.80. The summed E-state index contributed by atoms with van der Waals surface area (Å²) in [5, 5.41) is 9.06. The third-order valence-corrected chi connectivity index (χ3v) is 6.19. The predicted octanol–water partition coefficient (Wildman–Crippen LogP) is 1.64. The van der Waals surface area contributed by atoms with Gasteiger partial charge in [0.05, 0.1) is 0 Å². The number of nitrogens with one attached hydrogen (secondary N) is 1. The van der Waals surface area contributed by atoms with Gasteiger partial charge in [0.15, 0.2) is 0 Å². The number of sulfonamides is 1. The average molecular weight is 397 g/mol. The van der Waals surface area contributed by atoms with Crippen molar-refractivity contribution in [3.63, 3.8) is 0 Å². The Bertz CT molecular complexity index is 728. The molecule has 1 saturated carbocycles. The van der Waals surface area contributed by atoms with Crippen LogP contribution in [0.3, 0.4) is 0 Å². The van der Waals surface area contributed by atoms with Gasteiger partial charge in [-0.2, -0.15) is 0 Å². The highest BCUT2D eigenvalue weighted by Crippen LogP contribution is 2.23. The van der Waals surface area contributed by atoms with E-state index < -0.39 is 34.2 Å². The van der Waals surface area contributed by atoms with Crippen molar-refractivity contribution in [2.45, 2.75) is 45.1 Å². The lowest BCUT2D eigenvalue weighted by molar-refractivity contribution is -0.143. The minimum absolute atomic E-state index is 0.142. The van der Waals surface area contributed by atoms with Gasteiger partial charge < -0.3 is 10.0 Å². The smallest absolute Gasteiger partial charge is 0.323 e. The SMILES string of the molecule is CC1CCC(NS(=O)(=O)CC(=O)N(CCc2ccccc2)CC(=O)O)CC1. The average Bonchev–Trinajstić information content (AvgIpc) is 2.60. The van der Waals surface area contributed by atoms with Gasteiger partial charge in [-0.1, -0.05) is 37.3 Å². The van der Waals surface area contributed by atoms with E-state index in [4.69, 9.17) is 5.11 Å². The lowest BCUT2D eigenvalue weighted by Gasteiger charge is -2.27. The first-order valence-electron chi connectivity index (χ1n) is 9.28. The van der Waals surface area contributed by atoms with E-state index in [0.717, 1.165) is 36.1 Å². The number of benzene rings is 1. The van der Waals surface area contributed by atoms with E-state index in [2.05, 4.69) is 11.6 Å². The minimum Gasteiger partial charge on any atom is -0.480 e. The maximum atomic E-state index is 12.5. The van der Waals surface area contributed by atoms with Crippen molar-refractivity contribution in [2.24, 2.45) is 5.92 Å². The maximum Gasteiger partial charge on any atom is 0.323 e. The van der Waals surface area contributed by atoms with Crippen LogP contribution in [0.15, 0.2) is 30.3 Å². The van der Waals surface area contributed by atoms with Crippen molar-refractivity contribution in [2.75, 3.05) is 18.8 Å². The summed E-state index contributed by atoms with van der Waals surface area (Å²) in [6.45, 7) is 1.79. The highest BCUT2D eigenvalue weighted by atomic mass is 32.2. The van der Waals surface area contributed by atoms with Crippen LogP contribution in [0.4, 0.5) is 0 Å². The Morgan fingerprint density at radius 3 is 2.37 bits per heavy atom. The van der Waals surface area contributed by atoms with Crippen LogP contribution in [-0.2, 0) is 26.0 Å². The normalized spacial score (nSPS) is 20.2. The molecule has 1 aliphatic carbocycles. The summed E-state index contributed by atoms with van der Waals surface area (Å²) in [6.07, 6.45) is 3.92. The van der Waals surface area contributed by atoms with Gasteiger partial charge in [-0.05, 0) is 43.6 Å². The fourth-order valence-electron chi connectivity index (χ4n) is 3.29. The standard InChI is InChI=1S/C19H28N2O5S/c1-15-7-9-17(10-8-15)20-27(25,26)14-18(22)21(13-19(23)24)12-11-16-5-3-2-4-6-16/h2-6,15,17,20H,7-14H2,1H3,(H,23,24). The lowest BCUT2D eigenvalue weighted by Crippen LogP contribution is -2.45. The third kappa shape index (κ3) is 7.68. The van der Waals surface area contributed by atoms with Crippen LogP contribution < -0.4 is 4.72 Å². The zero-order valence-electron chi connectivity index (χ0n) is 15.6. The van der Waals surface area contributed by atoms with Crippen LogP contribution in [0.5, 0.6) is 0 Å². The Hall–Kier alpha value is -1.93. The maximum absolute atomic E-state index is 12.5. The molecule has 1 aromatic rings. The number of nitrogens with zero attached hydrogens (tertiary/aromatic N) is 1. The third-order valence-electron chi connectivity index (χ3n) is 4.87. The van der Waals surface area contributed by atoms with Crippen molar-refractivity contribution in [1.29, 1.82) is 0 Å². The molecular formula is C19H28N2O5S. The summed E-state index contributed by atoms with van der Waals surface area (Å²) < 4.78 is 27.3. The van der Waals surface area contributed by atoms with Crippen molar-refractivity contribution in [1.82, 2.24) is 9.62 Å². The first-order valence-corrected chi connectivity index (χ1v) is 10.9. The number of carbonyl (C=O) groups excluding carboxylic acids is 1. The quantitative estimate of drug-likeness (QED) is 0.660. The second kappa shape index (κ2) is 9.85. The number of carboxylic acids is 1. The molecule has 1 fully saturated rings. The van der Waals surface area contributed by atoms with E-state index in [9.17, 15) is 18.0 Å². The molecule has 27 heavy (non-hydrogen) atoms. The topological polar surface area (TPSA) is 104 Å². The fraction of sp³-hybridized carbons (Fsp3) is 0.579. The number of aliphatic carboxylic acids is 1. The molecule has 0 aromatic heterocycles. The molecule has 0 atom stereocenters. The van der Waals surface area contributed by atoms with E-state index >= 15 is 0 Å². The second-order valence-electron chi connectivity index (χ2n) is 7.28. The Morgan fingerprint density at radius 2 is 1.78 bits per heavy atom. The Labute approximate surface area is 160 Å². The van der Waals surface area contributed by atoms with Gasteiger partial charge in [-0.15, -0.1) is 0 Å². The molecule has 1 aliphatic rings. The van der Waals surface area contributed by atoms with E-state index in [1.807, 2.05) is 30.3 Å². The number of carbonyl (C=O) groups is 2. The number of amides is 1. The first kappa shape index (κ1) is 21.4. The van der Waals surface area contributed by atoms with Crippen LogP contribution in [-0.4, -0.2) is 55.2 Å². The van der Waals surface area contributed by atoms with Gasteiger partial charge in [-0.25, -0.2) is 13.1 Å². The molecule has 8 heteroatoms. The van der Waals surface area contributed by atoms with Gasteiger partial charge in [0, 0.05) is 12.6 Å². The first-order chi connectivity index (χ1) is 12.7. The molecule has 1 amide bonds. The van der Waals surface area contributed by atoms with Crippen molar-refractivity contribution in [3.05, 3.63) is 35.9 Å². The molecule has 1 aromatic carbocycles. The molecule has 0 radical (unpaired) electrons. The zero-order valence-corrected chi connectivity index (χ0v) is 16.5. The molecule has 2 N–H and O–H groups in total. The van der Waals surface area contributed by atoms with E-state index in [-0.39, 0.29) is 12.6 Å². The van der Waals surface area contributed by atoms with Crippen LogP contribution in [0, 0.1) is 5.92 Å². The Morgan fingerprint density at radius 1 is 1.15 bits per heavy atom. The molecular weight excluding hydrogens is 368 g/mol. The molecule has 0 unspecified atom stereocenters. The van der Waals surface area contributed by atoms with E-state index in [1.54, 1.807) is 0 Å². The van der Waals surface area contributed by atoms with Gasteiger partial charge in [-0.3, -0.25) is 9.59 Å². The van der Waals surface area contributed by atoms with Crippen LogP contribution in [0.1, 0.15) is 38.2 Å². The summed E-state index contributed by atoms with van der Waals surface area (Å²) in [4.78, 5) is 24.6. The highest BCUT2D eigenvalue weighted by molar-refractivity contribution is 7.90. The molecule has 0 aliphatic heterocycles. The molecule has 7 nitrogen and oxygen atoms in total. The number of hydrogen-bond acceptors (Lipinski definition) is 4. The molecule has 0 saturated heterocycles. The van der Waals surface area contributed by atoms with Crippen molar-refractivity contribution < 1.29 is 23.1 Å². The largest absolute Gasteiger partial charge is 0.480 e. The number of hydrogen-bond donors (Lipinski definition) is 2. The Kier molecular flexibility index (Phi) is 7.79. The van der Waals surface area contributed by atoms with E-state index in [1.165, 1.54) is 0 Å². The van der Waals surface area contributed by atoms with Crippen molar-refractivity contribution >= 4 is 21.9 Å². The molecule has 2 rings (SSSR count). The summed E-state index contributed by atoms with van der Waals surface area (Å²) in [5.74, 6) is -1.98. The minimum atomic E-state index is -3.80. The monoisotopic (exact) mass is 396 g/mol. The molecule has 0 heterocycles. The van der Waals surface area contributed by atoms with Gasteiger partial charge in [0.2, 0.25) is 15.9 Å². The van der Waals surface area contributed by atoms with Crippen molar-refractivity contribution in [3.8, 4) is 0 Å². The van der Waals surface area contributed by atoms with Gasteiger partial charge in [0.1, 0.15) is 12.3 Å². The van der Waals surface area contributed by atoms with Gasteiger partial charge >= 0.3 is 5.97 Å². The number of rotatable bonds is 9. The summed E-state index contributed by atoms with van der Waals surface area (Å²) in [6, 6.07) is 9.21. The predicted molar refractivity (Wildman–Crippen MR) is 103 cm³/mol. The van der Waals surface area contributed by atoms with Gasteiger partial charge in [0.25, 0.3) is 0 Å². The lowest BCUT2D eigenvalue weighted by atomic mass is 9.88. The zero-order chi connectivity index (χ0) is 19.9. The van der Waals surface area contributed by atoms with Crippen LogP contribution >= 0.6 is 0 Å². The van der Waals surface area contributed by atoms with Crippen LogP contribution in [0.25, 0.3) is 0 Å². The fourth-order valence-corrected chi connectivity index (χ4v) is 4.63. The summed E-state index contributed by atoms with van der Waals surface area (Å²) in [5.41, 5.74) is 0.956. The number of carboxylic acid groups (broad SMARTS) is 1.